The molecular formula is C29H22Cl2NOZr. The SMILES string of the molecule is Cc1ccc(-c2cc3ccc(N4c5ccccc5Oc5ccccc54)cc3[cH-]2)c(C)c1.[Cl-].[Cl-].[Zr+3]. The van der Waals surface area contributed by atoms with Crippen molar-refractivity contribution in [1.82, 2.24) is 0 Å². The molecule has 1 heterocycles. The van der Waals surface area contributed by atoms with Crippen LogP contribution < -0.4 is 34.5 Å². The first-order chi connectivity index (χ1) is 15.2. The van der Waals surface area contributed by atoms with Crippen LogP contribution in [0.25, 0.3) is 21.9 Å². The van der Waals surface area contributed by atoms with E-state index in [-0.39, 0.29) is 51.0 Å². The second-order valence-corrected chi connectivity index (χ2v) is 8.25. The summed E-state index contributed by atoms with van der Waals surface area (Å²) in [5.74, 6) is 1.75. The van der Waals surface area contributed by atoms with Crippen LogP contribution in [-0.2, 0) is 26.2 Å². The first-order valence-corrected chi connectivity index (χ1v) is 10.6. The molecule has 0 spiro atoms. The molecule has 1 radical (unpaired) electrons. The van der Waals surface area contributed by atoms with E-state index in [2.05, 4.69) is 91.5 Å². The van der Waals surface area contributed by atoms with Gasteiger partial charge < -0.3 is 34.5 Å². The van der Waals surface area contributed by atoms with Crippen LogP contribution in [0, 0.1) is 13.8 Å². The zero-order chi connectivity index (χ0) is 20.9. The molecule has 5 heteroatoms. The van der Waals surface area contributed by atoms with Crippen LogP contribution in [0.5, 0.6) is 11.5 Å². The third kappa shape index (κ3) is 4.45. The minimum atomic E-state index is 0. The standard InChI is InChI=1S/C29H22NO.2ClH.Zr/c1-19-11-14-25(20(2)15-19)23-16-21-12-13-24(18-22(21)17-23)30-26-7-3-5-9-28(26)31-29-10-6-4-8-27(29)30;;;/h3-18H,1-2H3;2*1H;/q-1;;;+3/p-2. The quantitative estimate of drug-likeness (QED) is 0.301. The molecule has 1 aliphatic heterocycles. The number of para-hydroxylation sites is 4. The van der Waals surface area contributed by atoms with Gasteiger partial charge in [0.2, 0.25) is 0 Å². The Balaban J connectivity index is 0.00000108. The summed E-state index contributed by atoms with van der Waals surface area (Å²) in [5.41, 5.74) is 8.42. The largest absolute Gasteiger partial charge is 3.00 e. The van der Waals surface area contributed by atoms with E-state index in [1.54, 1.807) is 0 Å². The number of halogens is 2. The van der Waals surface area contributed by atoms with Gasteiger partial charge in [0.25, 0.3) is 0 Å². The zero-order valence-electron chi connectivity index (χ0n) is 18.8. The van der Waals surface area contributed by atoms with Crippen LogP contribution in [0.3, 0.4) is 0 Å². The van der Waals surface area contributed by atoms with Gasteiger partial charge in [-0.15, -0.1) is 28.5 Å². The molecule has 0 saturated heterocycles. The van der Waals surface area contributed by atoms with E-state index < -0.39 is 0 Å². The number of hydrogen-bond donors (Lipinski definition) is 0. The van der Waals surface area contributed by atoms with Gasteiger partial charge >= 0.3 is 26.2 Å². The monoisotopic (exact) mass is 560 g/mol. The Morgan fingerprint density at radius 1 is 0.706 bits per heavy atom. The average molecular weight is 563 g/mol. The maximum atomic E-state index is 6.16. The Bertz CT molecular complexity index is 1410. The van der Waals surface area contributed by atoms with Gasteiger partial charge in [0, 0.05) is 5.69 Å². The Morgan fingerprint density at radius 2 is 1.35 bits per heavy atom. The van der Waals surface area contributed by atoms with Crippen LogP contribution >= 0.6 is 0 Å². The first kappa shape index (κ1) is 26.2. The van der Waals surface area contributed by atoms with Gasteiger partial charge in [-0.2, -0.15) is 0 Å². The Morgan fingerprint density at radius 3 is 2.00 bits per heavy atom. The first-order valence-electron chi connectivity index (χ1n) is 10.6. The smallest absolute Gasteiger partial charge is 1.00 e. The molecule has 0 amide bonds. The van der Waals surface area contributed by atoms with Gasteiger partial charge in [0.15, 0.2) is 11.5 Å². The molecule has 0 bridgehead atoms. The summed E-state index contributed by atoms with van der Waals surface area (Å²) in [5, 5.41) is 2.50. The van der Waals surface area contributed by atoms with E-state index in [0.29, 0.717) is 0 Å². The van der Waals surface area contributed by atoms with Crippen LogP contribution in [0.1, 0.15) is 11.1 Å². The Hall–Kier alpha value is -2.45. The number of rotatable bonds is 2. The molecule has 0 aromatic heterocycles. The summed E-state index contributed by atoms with van der Waals surface area (Å²) >= 11 is 0. The van der Waals surface area contributed by atoms with Crippen molar-refractivity contribution in [1.29, 1.82) is 0 Å². The van der Waals surface area contributed by atoms with Gasteiger partial charge in [-0.1, -0.05) is 77.4 Å². The molecule has 5 aromatic rings. The van der Waals surface area contributed by atoms with Gasteiger partial charge in [0.1, 0.15) is 0 Å². The fourth-order valence-corrected chi connectivity index (χ4v) is 4.61. The number of hydrogen-bond acceptors (Lipinski definition) is 2. The minimum absolute atomic E-state index is 0. The normalized spacial score (nSPS) is 11.3. The number of fused-ring (bicyclic) bond motifs is 3. The van der Waals surface area contributed by atoms with Crippen LogP contribution in [0.4, 0.5) is 17.1 Å². The summed E-state index contributed by atoms with van der Waals surface area (Å²) in [7, 11) is 0. The maximum Gasteiger partial charge on any atom is 3.00 e. The van der Waals surface area contributed by atoms with E-state index in [1.807, 2.05) is 24.3 Å². The number of benzene rings is 4. The number of nitrogens with zero attached hydrogens (tertiary/aromatic N) is 1. The summed E-state index contributed by atoms with van der Waals surface area (Å²) < 4.78 is 6.16. The van der Waals surface area contributed by atoms with Crippen LogP contribution in [0.15, 0.2) is 97.1 Å². The predicted octanol–water partition coefficient (Wildman–Crippen LogP) is 2.42. The molecule has 0 aliphatic carbocycles. The molecule has 34 heavy (non-hydrogen) atoms. The molecule has 0 unspecified atom stereocenters. The molecular weight excluding hydrogens is 540 g/mol. The van der Waals surface area contributed by atoms with Crippen LogP contribution in [-0.4, -0.2) is 0 Å². The fourth-order valence-electron chi connectivity index (χ4n) is 4.61. The Kier molecular flexibility index (Phi) is 8.03. The van der Waals surface area contributed by atoms with Gasteiger partial charge in [0.05, 0.1) is 11.4 Å². The van der Waals surface area contributed by atoms with Gasteiger partial charge in [-0.3, -0.25) is 0 Å². The average Bonchev–Trinajstić information content (AvgIpc) is 3.20. The number of ether oxygens (including phenoxy) is 1. The van der Waals surface area contributed by atoms with Crippen molar-refractivity contribution >= 4 is 27.8 Å². The molecule has 0 fully saturated rings. The van der Waals surface area contributed by atoms with Gasteiger partial charge in [-0.25, -0.2) is 0 Å². The van der Waals surface area contributed by atoms with Crippen molar-refractivity contribution in [3.05, 3.63) is 108 Å². The second kappa shape index (κ2) is 10.4. The van der Waals surface area contributed by atoms with E-state index in [9.17, 15) is 0 Å². The summed E-state index contributed by atoms with van der Waals surface area (Å²) in [6.07, 6.45) is 0. The topological polar surface area (TPSA) is 12.5 Å². The molecule has 167 valence electrons. The number of aryl methyl sites for hydroxylation is 2. The molecule has 0 atom stereocenters. The molecule has 6 rings (SSSR count). The van der Waals surface area contributed by atoms with Crippen molar-refractivity contribution in [2.75, 3.05) is 4.90 Å². The summed E-state index contributed by atoms with van der Waals surface area (Å²) in [6.45, 7) is 4.33. The molecule has 0 saturated carbocycles. The van der Waals surface area contributed by atoms with Crippen molar-refractivity contribution < 1.29 is 55.8 Å². The fraction of sp³-hybridized carbons (Fsp3) is 0.0690. The van der Waals surface area contributed by atoms with Crippen molar-refractivity contribution in [2.45, 2.75) is 13.8 Å². The van der Waals surface area contributed by atoms with E-state index in [1.165, 1.54) is 33.0 Å². The third-order valence-electron chi connectivity index (χ3n) is 6.08. The van der Waals surface area contributed by atoms with Crippen molar-refractivity contribution in [3.8, 4) is 22.6 Å². The van der Waals surface area contributed by atoms with Crippen LogP contribution in [0.2, 0.25) is 0 Å². The number of anilines is 3. The Labute approximate surface area is 231 Å². The van der Waals surface area contributed by atoms with E-state index >= 15 is 0 Å². The minimum Gasteiger partial charge on any atom is -1.00 e. The second-order valence-electron chi connectivity index (χ2n) is 8.25. The third-order valence-corrected chi connectivity index (χ3v) is 6.08. The van der Waals surface area contributed by atoms with Crippen molar-refractivity contribution in [3.63, 3.8) is 0 Å². The summed E-state index contributed by atoms with van der Waals surface area (Å²) in [4.78, 5) is 2.29. The van der Waals surface area contributed by atoms with Crippen molar-refractivity contribution in [2.24, 2.45) is 0 Å². The van der Waals surface area contributed by atoms with Gasteiger partial charge in [-0.05, 0) is 38.1 Å². The zero-order valence-corrected chi connectivity index (χ0v) is 22.8. The predicted molar refractivity (Wildman–Crippen MR) is 129 cm³/mol. The van der Waals surface area contributed by atoms with E-state index in [0.717, 1.165) is 28.6 Å². The molecule has 5 aromatic carbocycles. The summed E-state index contributed by atoms with van der Waals surface area (Å²) in [6, 6.07) is 34.4. The molecule has 0 N–H and O–H groups in total. The molecule has 2 nitrogen and oxygen atoms in total. The van der Waals surface area contributed by atoms with E-state index in [4.69, 9.17) is 4.74 Å². The molecule has 1 aliphatic rings. The maximum absolute atomic E-state index is 6.16.